The maximum atomic E-state index is 11.6. The van der Waals surface area contributed by atoms with Gasteiger partial charge in [-0.25, -0.2) is 8.42 Å². The zero-order valence-electron chi connectivity index (χ0n) is 8.43. The number of rotatable bonds is 3. The summed E-state index contributed by atoms with van der Waals surface area (Å²) >= 11 is 0. The summed E-state index contributed by atoms with van der Waals surface area (Å²) < 4.78 is 23.2. The summed E-state index contributed by atoms with van der Waals surface area (Å²) in [6, 6.07) is 0. The summed E-state index contributed by atoms with van der Waals surface area (Å²) in [6.07, 6.45) is 1.27. The average molecular weight is 215 g/mol. The highest BCUT2D eigenvalue weighted by Crippen LogP contribution is 2.17. The van der Waals surface area contributed by atoms with Crippen molar-refractivity contribution < 1.29 is 8.42 Å². The third-order valence-electron chi connectivity index (χ3n) is 1.89. The molecular formula is C8H13N3O2S+. The van der Waals surface area contributed by atoms with Gasteiger partial charge in [0.05, 0.1) is 16.0 Å². The Morgan fingerprint density at radius 1 is 1.50 bits per heavy atom. The van der Waals surface area contributed by atoms with E-state index in [9.17, 15) is 8.42 Å². The highest BCUT2D eigenvalue weighted by molar-refractivity contribution is 7.96. The molecule has 0 saturated carbocycles. The molecule has 1 aliphatic heterocycles. The fraction of sp³-hybridized carbons (Fsp3) is 0.625. The van der Waals surface area contributed by atoms with E-state index < -0.39 is 9.84 Å². The van der Waals surface area contributed by atoms with Crippen molar-refractivity contribution >= 4 is 15.5 Å². The predicted octanol–water partition coefficient (Wildman–Crippen LogP) is 1.08. The molecule has 1 radical (unpaired) electrons. The van der Waals surface area contributed by atoms with Crippen LogP contribution >= 0.6 is 0 Å². The van der Waals surface area contributed by atoms with Crippen LogP contribution in [0.3, 0.4) is 0 Å². The van der Waals surface area contributed by atoms with Crippen molar-refractivity contribution in [1.29, 1.82) is 0 Å². The van der Waals surface area contributed by atoms with Gasteiger partial charge in [0.25, 0.3) is 0 Å². The molecule has 1 heterocycles. The van der Waals surface area contributed by atoms with Crippen molar-refractivity contribution in [3.63, 3.8) is 0 Å². The fourth-order valence-corrected chi connectivity index (χ4v) is 2.18. The van der Waals surface area contributed by atoms with Crippen LogP contribution in [0.25, 0.3) is 0 Å². The zero-order valence-corrected chi connectivity index (χ0v) is 9.24. The summed E-state index contributed by atoms with van der Waals surface area (Å²) in [5.41, 5.74) is 0.488. The van der Waals surface area contributed by atoms with E-state index in [2.05, 4.69) is 15.4 Å². The first-order chi connectivity index (χ1) is 6.49. The van der Waals surface area contributed by atoms with Crippen molar-refractivity contribution in [2.45, 2.75) is 20.8 Å². The van der Waals surface area contributed by atoms with E-state index >= 15 is 0 Å². The Bertz CT molecular complexity index is 404. The number of nitrogens with zero attached hydrogens (tertiary/aromatic N) is 3. The second-order valence-electron chi connectivity index (χ2n) is 3.24. The SMILES string of the molecule is CCS(=O)(=O)C1=C[N+]=NN=C1C(C)C. The summed E-state index contributed by atoms with van der Waals surface area (Å²) in [5, 5.41) is 10.7. The summed E-state index contributed by atoms with van der Waals surface area (Å²) in [7, 11) is -3.24. The second kappa shape index (κ2) is 4.00. The van der Waals surface area contributed by atoms with Gasteiger partial charge in [-0.15, -0.1) is 0 Å². The van der Waals surface area contributed by atoms with Crippen LogP contribution in [-0.4, -0.2) is 19.9 Å². The predicted molar refractivity (Wildman–Crippen MR) is 54.4 cm³/mol. The van der Waals surface area contributed by atoms with Gasteiger partial charge in [-0.05, 0) is 0 Å². The van der Waals surface area contributed by atoms with Crippen LogP contribution < -0.4 is 5.11 Å². The van der Waals surface area contributed by atoms with Gasteiger partial charge in [-0.1, -0.05) is 20.8 Å². The molecule has 0 aromatic heterocycles. The number of hydrogen-bond acceptors (Lipinski definition) is 5. The van der Waals surface area contributed by atoms with Gasteiger partial charge in [-0.3, -0.25) is 0 Å². The van der Waals surface area contributed by atoms with E-state index in [0.29, 0.717) is 5.71 Å². The maximum absolute atomic E-state index is 11.6. The van der Waals surface area contributed by atoms with Crippen LogP contribution in [0.15, 0.2) is 21.4 Å². The number of sulfone groups is 1. The lowest BCUT2D eigenvalue weighted by molar-refractivity contribution is 0.603. The Kier molecular flexibility index (Phi) is 3.15. The first-order valence-electron chi connectivity index (χ1n) is 4.40. The summed E-state index contributed by atoms with van der Waals surface area (Å²) in [6.45, 7) is 5.34. The zero-order chi connectivity index (χ0) is 10.8. The van der Waals surface area contributed by atoms with Crippen molar-refractivity contribution in [3.05, 3.63) is 11.1 Å². The lowest BCUT2D eigenvalue weighted by Gasteiger charge is -2.06. The molecule has 1 rings (SSSR count). The van der Waals surface area contributed by atoms with Gasteiger partial charge >= 0.3 is 0 Å². The molecule has 0 fully saturated rings. The van der Waals surface area contributed by atoms with Gasteiger partial charge in [0.1, 0.15) is 0 Å². The minimum absolute atomic E-state index is 0.0295. The normalized spacial score (nSPS) is 16.9. The molecular weight excluding hydrogens is 202 g/mol. The minimum atomic E-state index is -3.24. The molecule has 0 aromatic rings. The highest BCUT2D eigenvalue weighted by atomic mass is 32.2. The topological polar surface area (TPSA) is 73.0 Å². The van der Waals surface area contributed by atoms with Crippen LogP contribution in [0, 0.1) is 5.92 Å². The molecule has 0 spiro atoms. The third kappa shape index (κ3) is 2.06. The molecule has 5 nitrogen and oxygen atoms in total. The highest BCUT2D eigenvalue weighted by Gasteiger charge is 2.31. The Hall–Kier alpha value is -1.04. The molecule has 6 heteroatoms. The molecule has 1 aliphatic rings. The lowest BCUT2D eigenvalue weighted by atomic mass is 10.1. The second-order valence-corrected chi connectivity index (χ2v) is 5.49. The van der Waals surface area contributed by atoms with E-state index in [1.165, 1.54) is 6.20 Å². The summed E-state index contributed by atoms with van der Waals surface area (Å²) in [5.74, 6) is 0.0851. The Morgan fingerprint density at radius 3 is 2.64 bits per heavy atom. The molecule has 0 atom stereocenters. The minimum Gasteiger partial charge on any atom is -0.223 e. The van der Waals surface area contributed by atoms with Crippen LogP contribution in [0.2, 0.25) is 0 Å². The quantitative estimate of drug-likeness (QED) is 0.706. The van der Waals surface area contributed by atoms with Crippen LogP contribution in [0.4, 0.5) is 0 Å². The van der Waals surface area contributed by atoms with E-state index in [4.69, 9.17) is 0 Å². The Morgan fingerprint density at radius 2 is 2.14 bits per heavy atom. The van der Waals surface area contributed by atoms with Crippen molar-refractivity contribution in [2.24, 2.45) is 16.2 Å². The molecule has 0 aliphatic carbocycles. The van der Waals surface area contributed by atoms with Gasteiger partial charge < -0.3 is 0 Å². The Labute approximate surface area is 83.5 Å². The maximum Gasteiger partial charge on any atom is 0.205 e. The molecule has 0 saturated heterocycles. The van der Waals surface area contributed by atoms with Crippen LogP contribution in [0.5, 0.6) is 0 Å². The van der Waals surface area contributed by atoms with Crippen LogP contribution in [0.1, 0.15) is 20.8 Å². The molecule has 0 amide bonds. The van der Waals surface area contributed by atoms with Crippen molar-refractivity contribution in [2.75, 3.05) is 5.75 Å². The van der Waals surface area contributed by atoms with E-state index in [1.807, 2.05) is 13.8 Å². The van der Waals surface area contributed by atoms with E-state index in [0.717, 1.165) is 0 Å². The molecule has 14 heavy (non-hydrogen) atoms. The lowest BCUT2D eigenvalue weighted by Crippen LogP contribution is -2.21. The number of hydrogen-bond donors (Lipinski definition) is 0. The molecule has 0 N–H and O–H groups in total. The van der Waals surface area contributed by atoms with Crippen LogP contribution in [-0.2, 0) is 9.84 Å². The largest absolute Gasteiger partial charge is 0.223 e. The molecule has 0 aromatic carbocycles. The fourth-order valence-electron chi connectivity index (χ4n) is 1.06. The van der Waals surface area contributed by atoms with Gasteiger partial charge in [0.15, 0.2) is 26.2 Å². The standard InChI is InChI=1S/C8H13N3O2S/c1-4-14(12,13)7-5-9-11-10-8(7)6(2)3/h5-6H,4H2,1-3H3/q+1. The Balaban J connectivity index is 3.18. The smallest absolute Gasteiger partial charge is 0.205 e. The molecule has 0 unspecified atom stereocenters. The molecule has 0 bridgehead atoms. The third-order valence-corrected chi connectivity index (χ3v) is 3.64. The first kappa shape index (κ1) is 11.0. The van der Waals surface area contributed by atoms with Crippen molar-refractivity contribution in [3.8, 4) is 0 Å². The average Bonchev–Trinajstić information content (AvgIpc) is 2.18. The van der Waals surface area contributed by atoms with Gasteiger partial charge in [-0.2, -0.15) is 0 Å². The number of allylic oxidation sites excluding steroid dienone is 1. The molecule has 77 valence electrons. The van der Waals surface area contributed by atoms with Gasteiger partial charge in [0, 0.05) is 5.92 Å². The monoisotopic (exact) mass is 215 g/mol. The van der Waals surface area contributed by atoms with Crippen molar-refractivity contribution in [1.82, 2.24) is 5.11 Å². The van der Waals surface area contributed by atoms with Gasteiger partial charge in [0.2, 0.25) is 5.71 Å². The summed E-state index contributed by atoms with van der Waals surface area (Å²) in [4.78, 5) is 0.199. The van der Waals surface area contributed by atoms with E-state index in [1.54, 1.807) is 6.92 Å². The van der Waals surface area contributed by atoms with E-state index in [-0.39, 0.29) is 16.6 Å². The first-order valence-corrected chi connectivity index (χ1v) is 6.05.